The summed E-state index contributed by atoms with van der Waals surface area (Å²) in [6.45, 7) is 6.80. The SMILES string of the molecule is CC(=O)NCCOc1c(C)cc(-c2nnc(CCCCNC(=O)c3ccccc3F)s2)cc1C. The van der Waals surface area contributed by atoms with Crippen LogP contribution in [0.25, 0.3) is 10.6 Å². The summed E-state index contributed by atoms with van der Waals surface area (Å²) >= 11 is 1.55. The molecule has 0 fully saturated rings. The van der Waals surface area contributed by atoms with Gasteiger partial charge >= 0.3 is 0 Å². The zero-order chi connectivity index (χ0) is 24.5. The number of benzene rings is 2. The van der Waals surface area contributed by atoms with E-state index in [2.05, 4.69) is 20.8 Å². The van der Waals surface area contributed by atoms with Crippen molar-refractivity contribution in [2.24, 2.45) is 0 Å². The Morgan fingerprint density at radius 3 is 2.47 bits per heavy atom. The molecule has 0 spiro atoms. The van der Waals surface area contributed by atoms with E-state index < -0.39 is 11.7 Å². The zero-order valence-corrected chi connectivity index (χ0v) is 20.4. The number of aryl methyl sites for hydroxylation is 3. The molecule has 34 heavy (non-hydrogen) atoms. The fraction of sp³-hybridized carbons (Fsp3) is 0.360. The van der Waals surface area contributed by atoms with E-state index in [4.69, 9.17) is 4.74 Å². The second kappa shape index (κ2) is 12.2. The fourth-order valence-corrected chi connectivity index (χ4v) is 4.37. The number of nitrogens with one attached hydrogen (secondary N) is 2. The van der Waals surface area contributed by atoms with Crippen LogP contribution in [-0.2, 0) is 11.2 Å². The standard InChI is InChI=1S/C25H29FN4O3S/c1-16-14-19(15-17(2)23(16)33-13-12-27-18(3)31)25-30-29-22(34-25)10-6-7-11-28-24(32)20-8-4-5-9-21(20)26/h4-5,8-9,14-15H,6-7,10-13H2,1-3H3,(H,27,31)(H,28,32). The van der Waals surface area contributed by atoms with E-state index in [0.29, 0.717) is 19.7 Å². The molecule has 0 saturated carbocycles. The summed E-state index contributed by atoms with van der Waals surface area (Å²) in [4.78, 5) is 23.0. The van der Waals surface area contributed by atoms with Crippen LogP contribution in [0.2, 0.25) is 0 Å². The van der Waals surface area contributed by atoms with E-state index >= 15 is 0 Å². The van der Waals surface area contributed by atoms with E-state index in [-0.39, 0.29) is 11.5 Å². The first kappa shape index (κ1) is 25.3. The topological polar surface area (TPSA) is 93.2 Å². The molecule has 2 amide bonds. The van der Waals surface area contributed by atoms with E-state index in [1.165, 1.54) is 19.1 Å². The molecule has 7 nitrogen and oxygen atoms in total. The molecule has 9 heteroatoms. The fourth-order valence-electron chi connectivity index (χ4n) is 3.50. The number of unbranched alkanes of at least 4 members (excludes halogenated alkanes) is 1. The first-order chi connectivity index (χ1) is 16.3. The molecule has 3 rings (SSSR count). The Hall–Kier alpha value is -3.33. The monoisotopic (exact) mass is 484 g/mol. The molecule has 0 bridgehead atoms. The van der Waals surface area contributed by atoms with Gasteiger partial charge in [-0.25, -0.2) is 4.39 Å². The number of halogens is 1. The normalized spacial score (nSPS) is 10.7. The van der Waals surface area contributed by atoms with E-state index in [1.807, 2.05) is 26.0 Å². The predicted octanol–water partition coefficient (Wildman–Crippen LogP) is 4.23. The van der Waals surface area contributed by atoms with Crippen molar-refractivity contribution >= 4 is 23.2 Å². The maximum Gasteiger partial charge on any atom is 0.254 e. The van der Waals surface area contributed by atoms with Gasteiger partial charge in [-0.05, 0) is 62.1 Å². The summed E-state index contributed by atoms with van der Waals surface area (Å²) in [7, 11) is 0. The van der Waals surface area contributed by atoms with Crippen LogP contribution in [0.5, 0.6) is 5.75 Å². The first-order valence-electron chi connectivity index (χ1n) is 11.2. The molecule has 0 aliphatic carbocycles. The molecule has 0 aliphatic rings. The summed E-state index contributed by atoms with van der Waals surface area (Å²) in [6.07, 6.45) is 2.36. The zero-order valence-electron chi connectivity index (χ0n) is 19.6. The summed E-state index contributed by atoms with van der Waals surface area (Å²) in [5.74, 6) is -0.177. The van der Waals surface area contributed by atoms with Crippen molar-refractivity contribution in [2.45, 2.75) is 40.0 Å². The van der Waals surface area contributed by atoms with Crippen molar-refractivity contribution in [3.8, 4) is 16.3 Å². The summed E-state index contributed by atoms with van der Waals surface area (Å²) in [5, 5.41) is 15.9. The molecule has 1 heterocycles. The number of aromatic nitrogens is 2. The highest BCUT2D eigenvalue weighted by molar-refractivity contribution is 7.14. The smallest absolute Gasteiger partial charge is 0.254 e. The third-order valence-corrected chi connectivity index (χ3v) is 6.15. The highest BCUT2D eigenvalue weighted by Gasteiger charge is 2.13. The molecular weight excluding hydrogens is 455 g/mol. The van der Waals surface area contributed by atoms with Crippen LogP contribution in [-0.4, -0.2) is 41.7 Å². The van der Waals surface area contributed by atoms with Crippen LogP contribution in [0.3, 0.4) is 0 Å². The molecule has 0 atom stereocenters. The van der Waals surface area contributed by atoms with Crippen molar-refractivity contribution < 1.29 is 18.7 Å². The molecule has 180 valence electrons. The van der Waals surface area contributed by atoms with Gasteiger partial charge in [-0.3, -0.25) is 9.59 Å². The average Bonchev–Trinajstić information content (AvgIpc) is 3.26. The minimum atomic E-state index is -0.517. The largest absolute Gasteiger partial charge is 0.491 e. The minimum Gasteiger partial charge on any atom is -0.491 e. The van der Waals surface area contributed by atoms with Gasteiger partial charge in [0.2, 0.25) is 5.91 Å². The average molecular weight is 485 g/mol. The number of ether oxygens (including phenoxy) is 1. The van der Waals surface area contributed by atoms with Crippen molar-refractivity contribution in [3.05, 3.63) is 63.9 Å². The Morgan fingerprint density at radius 1 is 1.03 bits per heavy atom. The van der Waals surface area contributed by atoms with Gasteiger partial charge in [0.25, 0.3) is 5.91 Å². The molecule has 1 aromatic heterocycles. The number of rotatable bonds is 11. The lowest BCUT2D eigenvalue weighted by molar-refractivity contribution is -0.119. The maximum absolute atomic E-state index is 13.7. The number of carbonyl (C=O) groups is 2. The molecule has 2 aromatic carbocycles. The van der Waals surface area contributed by atoms with Gasteiger partial charge in [0.05, 0.1) is 12.1 Å². The Morgan fingerprint density at radius 2 is 1.76 bits per heavy atom. The van der Waals surface area contributed by atoms with Crippen molar-refractivity contribution in [1.82, 2.24) is 20.8 Å². The van der Waals surface area contributed by atoms with Crippen LogP contribution in [0.15, 0.2) is 36.4 Å². The second-order valence-electron chi connectivity index (χ2n) is 7.96. The maximum atomic E-state index is 13.7. The summed E-state index contributed by atoms with van der Waals surface area (Å²) < 4.78 is 19.5. The molecule has 0 saturated heterocycles. The molecule has 3 aromatic rings. The Labute approximate surface area is 202 Å². The Bertz CT molecular complexity index is 1130. The quantitative estimate of drug-likeness (QED) is 0.398. The van der Waals surface area contributed by atoms with Gasteiger partial charge in [-0.15, -0.1) is 10.2 Å². The highest BCUT2D eigenvalue weighted by Crippen LogP contribution is 2.32. The highest BCUT2D eigenvalue weighted by atomic mass is 32.1. The number of carbonyl (C=O) groups excluding carboxylic acids is 2. The molecule has 0 radical (unpaired) electrons. The van der Waals surface area contributed by atoms with Gasteiger partial charge in [-0.1, -0.05) is 23.5 Å². The third kappa shape index (κ3) is 7.08. The second-order valence-corrected chi connectivity index (χ2v) is 9.03. The lowest BCUT2D eigenvalue weighted by atomic mass is 10.1. The van der Waals surface area contributed by atoms with Gasteiger partial charge in [-0.2, -0.15) is 0 Å². The number of hydrogen-bond acceptors (Lipinski definition) is 6. The summed E-state index contributed by atoms with van der Waals surface area (Å²) in [5.41, 5.74) is 3.05. The molecular formula is C25H29FN4O3S. The van der Waals surface area contributed by atoms with Gasteiger partial charge in [0.1, 0.15) is 28.2 Å². The van der Waals surface area contributed by atoms with Crippen molar-refractivity contribution in [1.29, 1.82) is 0 Å². The van der Waals surface area contributed by atoms with E-state index in [0.717, 1.165) is 51.7 Å². The molecule has 0 unspecified atom stereocenters. The van der Waals surface area contributed by atoms with E-state index in [9.17, 15) is 14.0 Å². The third-order valence-electron chi connectivity index (χ3n) is 5.12. The number of amides is 2. The Balaban J connectivity index is 1.47. The van der Waals surface area contributed by atoms with Crippen LogP contribution < -0.4 is 15.4 Å². The predicted molar refractivity (Wildman–Crippen MR) is 131 cm³/mol. The van der Waals surface area contributed by atoms with Gasteiger partial charge in [0, 0.05) is 25.5 Å². The van der Waals surface area contributed by atoms with E-state index in [1.54, 1.807) is 23.5 Å². The summed E-state index contributed by atoms with van der Waals surface area (Å²) in [6, 6.07) is 10.0. The van der Waals surface area contributed by atoms with Crippen molar-refractivity contribution in [2.75, 3.05) is 19.7 Å². The lowest BCUT2D eigenvalue weighted by Crippen LogP contribution is -2.25. The van der Waals surface area contributed by atoms with Crippen LogP contribution in [0, 0.1) is 19.7 Å². The lowest BCUT2D eigenvalue weighted by Gasteiger charge is -2.13. The molecule has 2 N–H and O–H groups in total. The van der Waals surface area contributed by atoms with Gasteiger partial charge in [0.15, 0.2) is 0 Å². The number of nitrogens with zero attached hydrogens (tertiary/aromatic N) is 2. The van der Waals surface area contributed by atoms with Crippen molar-refractivity contribution in [3.63, 3.8) is 0 Å². The Kier molecular flexibility index (Phi) is 9.09. The first-order valence-corrected chi connectivity index (χ1v) is 12.0. The van der Waals surface area contributed by atoms with Crippen LogP contribution >= 0.6 is 11.3 Å². The van der Waals surface area contributed by atoms with Gasteiger partial charge < -0.3 is 15.4 Å². The van der Waals surface area contributed by atoms with Crippen LogP contribution in [0.1, 0.15) is 46.3 Å². The minimum absolute atomic E-state index is 0.0611. The molecule has 0 aliphatic heterocycles. The van der Waals surface area contributed by atoms with Crippen LogP contribution in [0.4, 0.5) is 4.39 Å². The number of hydrogen-bond donors (Lipinski definition) is 2.